The second-order valence-corrected chi connectivity index (χ2v) is 8.19. The van der Waals surface area contributed by atoms with Crippen LogP contribution in [0.25, 0.3) is 32.2 Å². The van der Waals surface area contributed by atoms with E-state index in [0.29, 0.717) is 29.6 Å². The fraction of sp³-hybridized carbons (Fsp3) is 0.174. The van der Waals surface area contributed by atoms with Crippen LogP contribution in [0.1, 0.15) is 12.5 Å². The van der Waals surface area contributed by atoms with Crippen molar-refractivity contribution in [3.63, 3.8) is 0 Å². The van der Waals surface area contributed by atoms with Crippen LogP contribution in [0, 0.1) is 0 Å². The first-order chi connectivity index (χ1) is 16.2. The van der Waals surface area contributed by atoms with Crippen LogP contribution in [0.15, 0.2) is 64.3 Å². The van der Waals surface area contributed by atoms with E-state index in [1.165, 1.54) is 23.2 Å². The van der Waals surface area contributed by atoms with Crippen molar-refractivity contribution in [1.82, 2.24) is 25.1 Å². The highest BCUT2D eigenvalue weighted by molar-refractivity contribution is 7.19. The van der Waals surface area contributed by atoms with Crippen molar-refractivity contribution in [2.75, 3.05) is 18.5 Å². The van der Waals surface area contributed by atoms with Gasteiger partial charge in [0.25, 0.3) is 0 Å². The molecule has 0 bridgehead atoms. The van der Waals surface area contributed by atoms with Crippen LogP contribution in [0.2, 0.25) is 0 Å². The molecule has 0 aliphatic carbocycles. The number of ether oxygens (including phenoxy) is 1. The zero-order chi connectivity index (χ0) is 22.6. The molecule has 4 aromatic heterocycles. The summed E-state index contributed by atoms with van der Waals surface area (Å²) < 4.78 is 10.4. The minimum atomic E-state index is -0.613. The fourth-order valence-electron chi connectivity index (χ4n) is 3.55. The van der Waals surface area contributed by atoms with Crippen molar-refractivity contribution >= 4 is 28.1 Å². The molecular formula is C23H20N6O3S. The first-order valence-electron chi connectivity index (χ1n) is 10.4. The molecule has 166 valence electrons. The zero-order valence-corrected chi connectivity index (χ0v) is 18.6. The third-order valence-corrected chi connectivity index (χ3v) is 6.15. The Bertz CT molecular complexity index is 1450. The van der Waals surface area contributed by atoms with Gasteiger partial charge in [0.05, 0.1) is 22.7 Å². The average molecular weight is 461 g/mol. The molecule has 5 aromatic rings. The molecule has 1 aromatic carbocycles. The van der Waals surface area contributed by atoms with Crippen LogP contribution in [-0.4, -0.2) is 38.2 Å². The molecule has 0 radical (unpaired) electrons. The van der Waals surface area contributed by atoms with E-state index in [1.54, 1.807) is 6.20 Å². The topological polar surface area (TPSA) is 119 Å². The average Bonchev–Trinajstić information content (AvgIpc) is 3.46. The first kappa shape index (κ1) is 20.8. The number of benzene rings is 1. The Balaban J connectivity index is 1.34. The summed E-state index contributed by atoms with van der Waals surface area (Å²) in [5.74, 6) is 1.05. The lowest BCUT2D eigenvalue weighted by atomic mass is 10.1. The molecule has 33 heavy (non-hydrogen) atoms. The Labute approximate surface area is 192 Å². The van der Waals surface area contributed by atoms with Crippen LogP contribution >= 0.6 is 11.3 Å². The number of anilines is 1. The predicted molar refractivity (Wildman–Crippen MR) is 127 cm³/mol. The van der Waals surface area contributed by atoms with E-state index in [4.69, 9.17) is 4.74 Å². The van der Waals surface area contributed by atoms with Crippen LogP contribution in [0.4, 0.5) is 5.82 Å². The summed E-state index contributed by atoms with van der Waals surface area (Å²) in [7, 11) is 0. The molecule has 2 N–H and O–H groups in total. The van der Waals surface area contributed by atoms with Crippen LogP contribution in [0.3, 0.4) is 0 Å². The van der Waals surface area contributed by atoms with Crippen LogP contribution < -0.4 is 15.8 Å². The quantitative estimate of drug-likeness (QED) is 0.354. The van der Waals surface area contributed by atoms with E-state index >= 15 is 0 Å². The van der Waals surface area contributed by atoms with Crippen molar-refractivity contribution in [3.05, 3.63) is 71.1 Å². The lowest BCUT2D eigenvalue weighted by Gasteiger charge is -2.08. The number of aromatic amines is 1. The number of rotatable bonds is 8. The van der Waals surface area contributed by atoms with Gasteiger partial charge >= 0.3 is 5.76 Å². The van der Waals surface area contributed by atoms with Gasteiger partial charge in [0.2, 0.25) is 0 Å². The van der Waals surface area contributed by atoms with Gasteiger partial charge in [0, 0.05) is 30.3 Å². The van der Waals surface area contributed by atoms with Gasteiger partial charge in [0.15, 0.2) is 5.82 Å². The third-order valence-electron chi connectivity index (χ3n) is 5.01. The summed E-state index contributed by atoms with van der Waals surface area (Å²) in [4.78, 5) is 28.7. The van der Waals surface area contributed by atoms with Crippen molar-refractivity contribution in [3.8, 4) is 27.0 Å². The Kier molecular flexibility index (Phi) is 5.81. The second-order valence-electron chi connectivity index (χ2n) is 7.13. The van der Waals surface area contributed by atoms with Crippen molar-refractivity contribution in [2.45, 2.75) is 13.3 Å². The zero-order valence-electron chi connectivity index (χ0n) is 17.7. The lowest BCUT2D eigenvalue weighted by Crippen LogP contribution is -2.07. The SMILES string of the molecule is CCOc1cc(-c2cc(NCCc3cccc4ncccc34)ncn2)sc1-c1noc(=O)[nH]1. The minimum Gasteiger partial charge on any atom is -0.492 e. The van der Waals surface area contributed by atoms with Crippen LogP contribution in [-0.2, 0) is 6.42 Å². The van der Waals surface area contributed by atoms with Gasteiger partial charge in [-0.2, -0.15) is 0 Å². The molecule has 9 nitrogen and oxygen atoms in total. The second kappa shape index (κ2) is 9.21. The van der Waals surface area contributed by atoms with Gasteiger partial charge in [-0.05, 0) is 31.0 Å². The number of hydrogen-bond donors (Lipinski definition) is 2. The minimum absolute atomic E-state index is 0.330. The highest BCUT2D eigenvalue weighted by atomic mass is 32.1. The van der Waals surface area contributed by atoms with E-state index < -0.39 is 5.76 Å². The van der Waals surface area contributed by atoms with E-state index in [1.807, 2.05) is 37.3 Å². The normalized spacial score (nSPS) is 11.1. The molecule has 0 unspecified atom stereocenters. The van der Waals surface area contributed by atoms with Gasteiger partial charge in [-0.25, -0.2) is 14.8 Å². The van der Waals surface area contributed by atoms with Gasteiger partial charge < -0.3 is 10.1 Å². The van der Waals surface area contributed by atoms with Crippen LogP contribution in [0.5, 0.6) is 5.75 Å². The molecule has 0 aliphatic heterocycles. The summed E-state index contributed by atoms with van der Waals surface area (Å²) in [5, 5.41) is 8.32. The maximum Gasteiger partial charge on any atom is 0.439 e. The molecular weight excluding hydrogens is 440 g/mol. The Hall–Kier alpha value is -4.05. The summed E-state index contributed by atoms with van der Waals surface area (Å²) in [6, 6.07) is 14.0. The molecule has 0 atom stereocenters. The van der Waals surface area contributed by atoms with Gasteiger partial charge in [-0.15, -0.1) is 11.3 Å². The molecule has 10 heteroatoms. The van der Waals surface area contributed by atoms with Crippen molar-refractivity contribution < 1.29 is 9.26 Å². The summed E-state index contributed by atoms with van der Waals surface area (Å²) in [6.45, 7) is 3.08. The molecule has 4 heterocycles. The van der Waals surface area contributed by atoms with Gasteiger partial charge in [-0.3, -0.25) is 14.5 Å². The fourth-order valence-corrected chi connectivity index (χ4v) is 4.56. The van der Waals surface area contributed by atoms with Crippen molar-refractivity contribution in [2.24, 2.45) is 0 Å². The number of hydrogen-bond acceptors (Lipinski definition) is 9. The van der Waals surface area contributed by atoms with Gasteiger partial charge in [-0.1, -0.05) is 23.4 Å². The molecule has 0 amide bonds. The molecule has 0 saturated heterocycles. The highest BCUT2D eigenvalue weighted by Crippen LogP contribution is 2.41. The maximum absolute atomic E-state index is 11.4. The van der Waals surface area contributed by atoms with E-state index in [2.05, 4.69) is 47.1 Å². The molecule has 0 aliphatic rings. The molecule has 0 spiro atoms. The third kappa shape index (κ3) is 4.46. The standard InChI is InChI=1S/C23H20N6O3S/c1-2-31-18-12-19(33-21(18)22-28-23(30)32-29-22)17-11-20(27-13-26-17)25-10-8-14-5-3-7-16-15(14)6-4-9-24-16/h3-7,9,11-13H,2,8,10H2,1H3,(H,25,26,27)(H,28,29,30). The number of thiophene rings is 1. The number of H-pyrrole nitrogens is 1. The highest BCUT2D eigenvalue weighted by Gasteiger charge is 2.18. The van der Waals surface area contributed by atoms with Gasteiger partial charge in [0.1, 0.15) is 22.8 Å². The number of nitrogens with zero attached hydrogens (tertiary/aromatic N) is 4. The Morgan fingerprint density at radius 1 is 1.15 bits per heavy atom. The first-order valence-corrected chi connectivity index (χ1v) is 11.2. The number of pyridine rings is 1. The predicted octanol–water partition coefficient (Wildman–Crippen LogP) is 4.15. The largest absolute Gasteiger partial charge is 0.492 e. The molecule has 0 fully saturated rings. The molecule has 0 saturated carbocycles. The number of nitrogens with one attached hydrogen (secondary N) is 2. The summed E-state index contributed by atoms with van der Waals surface area (Å²) in [6.07, 6.45) is 4.16. The maximum atomic E-state index is 11.4. The number of aromatic nitrogens is 5. The Morgan fingerprint density at radius 3 is 2.94 bits per heavy atom. The summed E-state index contributed by atoms with van der Waals surface area (Å²) >= 11 is 1.41. The monoisotopic (exact) mass is 460 g/mol. The number of fused-ring (bicyclic) bond motifs is 1. The van der Waals surface area contributed by atoms with Crippen molar-refractivity contribution in [1.29, 1.82) is 0 Å². The molecule has 5 rings (SSSR count). The van der Waals surface area contributed by atoms with E-state index in [-0.39, 0.29) is 0 Å². The van der Waals surface area contributed by atoms with E-state index in [9.17, 15) is 4.79 Å². The lowest BCUT2D eigenvalue weighted by molar-refractivity contribution is 0.342. The summed E-state index contributed by atoms with van der Waals surface area (Å²) in [5.41, 5.74) is 2.96. The smallest absolute Gasteiger partial charge is 0.439 e. The Morgan fingerprint density at radius 2 is 2.09 bits per heavy atom. The van der Waals surface area contributed by atoms with E-state index in [0.717, 1.165) is 33.7 Å².